The normalized spacial score (nSPS) is 15.5. The Morgan fingerprint density at radius 3 is 2.27 bits per heavy atom. The number of rotatable bonds is 16. The number of ether oxygens (including phenoxy) is 1. The number of nitrogens with one attached hydrogen (secondary N) is 1. The second kappa shape index (κ2) is 16.7. The van der Waals surface area contributed by atoms with E-state index in [0.717, 1.165) is 26.9 Å². The van der Waals surface area contributed by atoms with Crippen molar-refractivity contribution in [3.05, 3.63) is 102 Å². The number of para-hydroxylation sites is 1. The van der Waals surface area contributed by atoms with Gasteiger partial charge in [0.2, 0.25) is 15.9 Å². The Morgan fingerprint density at radius 2 is 1.62 bits per heavy atom. The Hall–Kier alpha value is -4.85. The SMILES string of the molecule is COc1ccc(S(=O)(=O)N(CC(C)C)C[C@H](O)[C@H](Cc2ccccc2)NC(=O)[C@H](C(C)C)N2CC(=O)N(Cc3ccnc4ccccc34)C2=O)cc1. The number of aliphatic hydroxyl groups excluding tert-OH is 1. The Bertz CT molecular complexity index is 1970. The van der Waals surface area contributed by atoms with Gasteiger partial charge in [0.05, 0.1) is 36.2 Å². The van der Waals surface area contributed by atoms with Crippen LogP contribution in [0.3, 0.4) is 0 Å². The summed E-state index contributed by atoms with van der Waals surface area (Å²) in [5, 5.41) is 15.6. The summed E-state index contributed by atoms with van der Waals surface area (Å²) in [5.74, 6) is -0.952. The van der Waals surface area contributed by atoms with Crippen LogP contribution in [0.5, 0.6) is 5.75 Å². The van der Waals surface area contributed by atoms with E-state index < -0.39 is 52.0 Å². The number of carbonyl (C=O) groups excluding carboxylic acids is 3. The van der Waals surface area contributed by atoms with E-state index >= 15 is 0 Å². The van der Waals surface area contributed by atoms with Crippen LogP contribution in [0.1, 0.15) is 38.8 Å². The second-order valence-electron chi connectivity index (χ2n) is 13.8. The summed E-state index contributed by atoms with van der Waals surface area (Å²) in [6.07, 6.45) is 0.481. The quantitative estimate of drug-likeness (QED) is 0.161. The summed E-state index contributed by atoms with van der Waals surface area (Å²) in [6, 6.07) is 21.9. The zero-order chi connectivity index (χ0) is 37.6. The number of amides is 4. The predicted molar refractivity (Wildman–Crippen MR) is 198 cm³/mol. The number of hydrogen-bond acceptors (Lipinski definition) is 8. The molecule has 1 saturated heterocycles. The lowest BCUT2D eigenvalue weighted by Crippen LogP contribution is -2.57. The van der Waals surface area contributed by atoms with Gasteiger partial charge in [0.1, 0.15) is 18.3 Å². The molecule has 1 aromatic heterocycles. The fourth-order valence-corrected chi connectivity index (χ4v) is 8.15. The third-order valence-corrected chi connectivity index (χ3v) is 11.0. The number of pyridine rings is 1. The summed E-state index contributed by atoms with van der Waals surface area (Å²) < 4.78 is 34.2. The smallest absolute Gasteiger partial charge is 0.328 e. The van der Waals surface area contributed by atoms with Crippen molar-refractivity contribution in [1.29, 1.82) is 0 Å². The fraction of sp³-hybridized carbons (Fsp3) is 0.385. The third kappa shape index (κ3) is 8.77. The molecule has 0 unspecified atom stereocenters. The van der Waals surface area contributed by atoms with Crippen molar-refractivity contribution in [1.82, 2.24) is 24.4 Å². The van der Waals surface area contributed by atoms with Gasteiger partial charge in [-0.25, -0.2) is 13.2 Å². The Labute approximate surface area is 305 Å². The predicted octanol–water partition coefficient (Wildman–Crippen LogP) is 4.47. The van der Waals surface area contributed by atoms with Crippen molar-refractivity contribution in [3.8, 4) is 5.75 Å². The van der Waals surface area contributed by atoms with Crippen molar-refractivity contribution in [3.63, 3.8) is 0 Å². The van der Waals surface area contributed by atoms with Crippen molar-refractivity contribution in [2.45, 2.75) is 63.7 Å². The number of urea groups is 1. The first-order chi connectivity index (χ1) is 24.8. The van der Waals surface area contributed by atoms with E-state index in [1.807, 2.05) is 68.4 Å². The zero-order valence-electron chi connectivity index (χ0n) is 30.2. The molecule has 12 nitrogen and oxygen atoms in total. The van der Waals surface area contributed by atoms with Crippen LogP contribution in [-0.2, 0) is 32.6 Å². The van der Waals surface area contributed by atoms with Gasteiger partial charge in [0.15, 0.2) is 0 Å². The number of nitrogens with zero attached hydrogens (tertiary/aromatic N) is 4. The monoisotopic (exact) mass is 729 g/mol. The highest BCUT2D eigenvalue weighted by atomic mass is 32.2. The van der Waals surface area contributed by atoms with Gasteiger partial charge in [-0.05, 0) is 65.8 Å². The summed E-state index contributed by atoms with van der Waals surface area (Å²) in [5.41, 5.74) is 2.30. The molecule has 13 heteroatoms. The van der Waals surface area contributed by atoms with Gasteiger partial charge in [0.25, 0.3) is 5.91 Å². The summed E-state index contributed by atoms with van der Waals surface area (Å²) in [6.45, 7) is 6.90. The number of hydrogen-bond donors (Lipinski definition) is 2. The van der Waals surface area contributed by atoms with Crippen molar-refractivity contribution >= 4 is 38.8 Å². The van der Waals surface area contributed by atoms with Gasteiger partial charge in [-0.2, -0.15) is 4.31 Å². The van der Waals surface area contributed by atoms with Crippen molar-refractivity contribution < 1.29 is 32.6 Å². The van der Waals surface area contributed by atoms with Gasteiger partial charge in [-0.15, -0.1) is 0 Å². The van der Waals surface area contributed by atoms with Crippen molar-refractivity contribution in [2.75, 3.05) is 26.7 Å². The molecule has 0 aliphatic carbocycles. The molecule has 3 atom stereocenters. The van der Waals surface area contributed by atoms with E-state index in [1.165, 1.54) is 28.4 Å². The van der Waals surface area contributed by atoms with Crippen LogP contribution in [0.15, 0.2) is 96.0 Å². The highest BCUT2D eigenvalue weighted by molar-refractivity contribution is 7.89. The second-order valence-corrected chi connectivity index (χ2v) is 15.8. The first kappa shape index (κ1) is 38.4. The average Bonchev–Trinajstić information content (AvgIpc) is 3.39. The lowest BCUT2D eigenvalue weighted by Gasteiger charge is -2.34. The molecule has 0 radical (unpaired) electrons. The Morgan fingerprint density at radius 1 is 0.942 bits per heavy atom. The third-order valence-electron chi connectivity index (χ3n) is 9.13. The van der Waals surface area contributed by atoms with E-state index in [0.29, 0.717) is 5.75 Å². The molecule has 1 aliphatic rings. The summed E-state index contributed by atoms with van der Waals surface area (Å²) in [7, 11) is -2.55. The molecule has 2 N–H and O–H groups in total. The van der Waals surface area contributed by atoms with Crippen LogP contribution in [0.4, 0.5) is 4.79 Å². The van der Waals surface area contributed by atoms with Crippen molar-refractivity contribution in [2.24, 2.45) is 11.8 Å². The molecule has 4 amide bonds. The van der Waals surface area contributed by atoms with E-state index in [2.05, 4.69) is 10.3 Å². The topological polar surface area (TPSA) is 149 Å². The van der Waals surface area contributed by atoms with E-state index in [9.17, 15) is 27.9 Å². The highest BCUT2D eigenvalue weighted by Gasteiger charge is 2.44. The van der Waals surface area contributed by atoms with Crippen LogP contribution >= 0.6 is 0 Å². The largest absolute Gasteiger partial charge is 0.497 e. The Balaban J connectivity index is 1.39. The van der Waals surface area contributed by atoms with Crippen LogP contribution in [-0.4, -0.2) is 95.4 Å². The van der Waals surface area contributed by atoms with Crippen LogP contribution in [0.2, 0.25) is 0 Å². The first-order valence-corrected chi connectivity index (χ1v) is 18.8. The van der Waals surface area contributed by atoms with E-state index in [-0.39, 0.29) is 43.4 Å². The van der Waals surface area contributed by atoms with Crippen LogP contribution < -0.4 is 10.1 Å². The summed E-state index contributed by atoms with van der Waals surface area (Å²) >= 11 is 0. The molecule has 52 heavy (non-hydrogen) atoms. The number of aliphatic hydroxyl groups is 1. The van der Waals surface area contributed by atoms with Crippen LogP contribution in [0, 0.1) is 11.8 Å². The van der Waals surface area contributed by atoms with Crippen LogP contribution in [0.25, 0.3) is 10.9 Å². The average molecular weight is 730 g/mol. The molecule has 0 saturated carbocycles. The number of fused-ring (bicyclic) bond motifs is 1. The fourth-order valence-electron chi connectivity index (χ4n) is 6.53. The molecule has 1 fully saturated rings. The molecule has 0 bridgehead atoms. The first-order valence-electron chi connectivity index (χ1n) is 17.4. The minimum Gasteiger partial charge on any atom is -0.497 e. The molecule has 4 aromatic rings. The molecule has 2 heterocycles. The minimum atomic E-state index is -4.05. The number of carbonyl (C=O) groups is 3. The molecule has 5 rings (SSSR count). The molecule has 276 valence electrons. The molecule has 0 spiro atoms. The Kier molecular flexibility index (Phi) is 12.3. The lowest BCUT2D eigenvalue weighted by atomic mass is 9.97. The lowest BCUT2D eigenvalue weighted by molar-refractivity contribution is -0.129. The van der Waals surface area contributed by atoms with Gasteiger partial charge in [-0.1, -0.05) is 76.2 Å². The standard InChI is InChI=1S/C39H47N5O7S/c1-26(2)22-42(52(49,50)31-17-15-30(51-5)16-18-31)24-35(45)34(21-28-11-7-6-8-12-28)41-38(47)37(27(3)4)44-25-36(46)43(39(44)48)23-29-19-20-40-33-14-10-9-13-32(29)33/h6-20,26-27,34-35,37,45H,21-25H2,1-5H3,(H,41,47)/t34-,35-,37-/m0/s1. The van der Waals surface area contributed by atoms with Gasteiger partial charge in [0, 0.05) is 24.7 Å². The van der Waals surface area contributed by atoms with E-state index in [1.54, 1.807) is 38.2 Å². The maximum atomic E-state index is 14.2. The highest BCUT2D eigenvalue weighted by Crippen LogP contribution is 2.26. The minimum absolute atomic E-state index is 0.0212. The zero-order valence-corrected chi connectivity index (χ0v) is 31.0. The maximum absolute atomic E-state index is 14.2. The van der Waals surface area contributed by atoms with Gasteiger partial charge >= 0.3 is 6.03 Å². The number of benzene rings is 3. The molecule has 3 aromatic carbocycles. The van der Waals surface area contributed by atoms with Gasteiger partial charge < -0.3 is 20.1 Å². The summed E-state index contributed by atoms with van der Waals surface area (Å²) in [4.78, 5) is 48.2. The molecular weight excluding hydrogens is 683 g/mol. The van der Waals surface area contributed by atoms with Gasteiger partial charge in [-0.3, -0.25) is 19.5 Å². The van der Waals surface area contributed by atoms with E-state index in [4.69, 9.17) is 4.74 Å². The maximum Gasteiger partial charge on any atom is 0.328 e. The molecular formula is C39H47N5O7S. The number of imide groups is 1. The number of sulfonamides is 1. The number of methoxy groups -OCH3 is 1. The number of aromatic nitrogens is 1. The molecule has 1 aliphatic heterocycles.